The van der Waals surface area contributed by atoms with Gasteiger partial charge in [0.1, 0.15) is 0 Å². The van der Waals surface area contributed by atoms with Gasteiger partial charge in [-0.3, -0.25) is 4.79 Å². The van der Waals surface area contributed by atoms with Crippen LogP contribution in [0.3, 0.4) is 0 Å². The fraction of sp³-hybridized carbons (Fsp3) is 0. The van der Waals surface area contributed by atoms with Crippen LogP contribution in [-0.2, 0) is 0 Å². The summed E-state index contributed by atoms with van der Waals surface area (Å²) < 4.78 is 1.15. The molecule has 0 saturated heterocycles. The van der Waals surface area contributed by atoms with E-state index in [0.717, 1.165) is 14.3 Å². The zero-order valence-corrected chi connectivity index (χ0v) is 10.0. The molecule has 0 heterocycles. The third kappa shape index (κ3) is 1.91. The normalized spacial score (nSPS) is 10.4. The average molecular weight is 317 g/mol. The molecular formula is C11H6ClIO. The Balaban J connectivity index is 2.69. The maximum Gasteiger partial charge on any atom is 0.252 e. The predicted molar refractivity (Wildman–Crippen MR) is 66.8 cm³/mol. The van der Waals surface area contributed by atoms with Crippen LogP contribution in [0, 0.1) is 3.57 Å². The molecule has 0 aliphatic heterocycles. The highest BCUT2D eigenvalue weighted by molar-refractivity contribution is 14.1. The van der Waals surface area contributed by atoms with E-state index in [0.29, 0.717) is 5.56 Å². The molecule has 0 unspecified atom stereocenters. The van der Waals surface area contributed by atoms with E-state index < -0.39 is 5.24 Å². The molecular weight excluding hydrogens is 310 g/mol. The Labute approximate surface area is 100 Å². The van der Waals surface area contributed by atoms with E-state index in [2.05, 4.69) is 22.6 Å². The second kappa shape index (κ2) is 3.87. The van der Waals surface area contributed by atoms with Gasteiger partial charge in [0.15, 0.2) is 0 Å². The van der Waals surface area contributed by atoms with Crippen LogP contribution < -0.4 is 0 Å². The molecule has 0 aliphatic rings. The van der Waals surface area contributed by atoms with Crippen LogP contribution in [0.25, 0.3) is 10.8 Å². The first kappa shape index (κ1) is 9.93. The number of hydrogen-bond donors (Lipinski definition) is 0. The number of halogens is 2. The molecule has 1 nitrogen and oxygen atoms in total. The van der Waals surface area contributed by atoms with Crippen LogP contribution in [0.2, 0.25) is 0 Å². The molecule has 2 rings (SSSR count). The molecule has 0 aromatic heterocycles. The lowest BCUT2D eigenvalue weighted by Crippen LogP contribution is -1.87. The van der Waals surface area contributed by atoms with Crippen molar-refractivity contribution in [3.8, 4) is 0 Å². The van der Waals surface area contributed by atoms with Crippen LogP contribution in [0.4, 0.5) is 0 Å². The van der Waals surface area contributed by atoms with Gasteiger partial charge in [-0.1, -0.05) is 12.1 Å². The number of carbonyl (C=O) groups is 1. The molecule has 0 radical (unpaired) electrons. The standard InChI is InChI=1S/C11H6ClIO/c12-11(14)8-2-1-7-3-4-10(13)6-9(7)5-8/h1-6H. The lowest BCUT2D eigenvalue weighted by Gasteiger charge is -2.00. The van der Waals surface area contributed by atoms with Gasteiger partial charge >= 0.3 is 0 Å². The number of fused-ring (bicyclic) bond motifs is 1. The van der Waals surface area contributed by atoms with Crippen molar-refractivity contribution in [1.82, 2.24) is 0 Å². The zero-order valence-electron chi connectivity index (χ0n) is 7.13. The molecule has 70 valence electrons. The maximum atomic E-state index is 10.9. The molecule has 0 saturated carbocycles. The van der Waals surface area contributed by atoms with Gasteiger partial charge in [-0.2, -0.15) is 0 Å². The minimum atomic E-state index is -0.411. The van der Waals surface area contributed by atoms with Gasteiger partial charge in [-0.25, -0.2) is 0 Å². The first-order chi connectivity index (χ1) is 6.66. The Hall–Kier alpha value is -0.610. The third-order valence-corrected chi connectivity index (χ3v) is 2.92. The smallest absolute Gasteiger partial charge is 0.252 e. The summed E-state index contributed by atoms with van der Waals surface area (Å²) in [6.07, 6.45) is 0. The van der Waals surface area contributed by atoms with Crippen molar-refractivity contribution in [3.63, 3.8) is 0 Å². The van der Waals surface area contributed by atoms with Crippen LogP contribution in [0.1, 0.15) is 10.4 Å². The van der Waals surface area contributed by atoms with Crippen molar-refractivity contribution in [3.05, 3.63) is 45.5 Å². The van der Waals surface area contributed by atoms with Crippen molar-refractivity contribution in [1.29, 1.82) is 0 Å². The van der Waals surface area contributed by atoms with Crippen molar-refractivity contribution >= 4 is 50.2 Å². The van der Waals surface area contributed by atoms with E-state index in [-0.39, 0.29) is 0 Å². The summed E-state index contributed by atoms with van der Waals surface area (Å²) in [6, 6.07) is 11.5. The van der Waals surface area contributed by atoms with Crippen LogP contribution in [0.15, 0.2) is 36.4 Å². The van der Waals surface area contributed by atoms with Gasteiger partial charge in [-0.15, -0.1) is 0 Å². The van der Waals surface area contributed by atoms with E-state index in [1.807, 2.05) is 30.3 Å². The molecule has 14 heavy (non-hydrogen) atoms. The fourth-order valence-corrected chi connectivity index (χ4v) is 1.97. The highest BCUT2D eigenvalue weighted by Crippen LogP contribution is 2.19. The van der Waals surface area contributed by atoms with Gasteiger partial charge < -0.3 is 0 Å². The highest BCUT2D eigenvalue weighted by atomic mass is 127. The molecule has 2 aromatic rings. The van der Waals surface area contributed by atoms with Gasteiger partial charge in [-0.05, 0) is 69.2 Å². The Bertz CT molecular complexity index is 508. The molecule has 0 spiro atoms. The second-order valence-corrected chi connectivity index (χ2v) is 4.57. The van der Waals surface area contributed by atoms with Crippen molar-refractivity contribution < 1.29 is 4.79 Å². The summed E-state index contributed by atoms with van der Waals surface area (Å²) in [5.41, 5.74) is 0.543. The van der Waals surface area contributed by atoms with E-state index in [4.69, 9.17) is 11.6 Å². The number of benzene rings is 2. The molecule has 0 aliphatic carbocycles. The largest absolute Gasteiger partial charge is 0.276 e. The number of carbonyl (C=O) groups excluding carboxylic acids is 1. The van der Waals surface area contributed by atoms with Crippen molar-refractivity contribution in [2.24, 2.45) is 0 Å². The lowest BCUT2D eigenvalue weighted by atomic mass is 10.1. The van der Waals surface area contributed by atoms with E-state index in [9.17, 15) is 4.79 Å². The van der Waals surface area contributed by atoms with Crippen LogP contribution in [-0.4, -0.2) is 5.24 Å². The fourth-order valence-electron chi connectivity index (χ4n) is 1.34. The quantitative estimate of drug-likeness (QED) is 0.577. The summed E-state index contributed by atoms with van der Waals surface area (Å²) in [6.45, 7) is 0. The third-order valence-electron chi connectivity index (χ3n) is 2.03. The van der Waals surface area contributed by atoms with E-state index in [1.165, 1.54) is 0 Å². The lowest BCUT2D eigenvalue weighted by molar-refractivity contribution is 0.108. The summed E-state index contributed by atoms with van der Waals surface area (Å²) in [4.78, 5) is 10.9. The monoisotopic (exact) mass is 316 g/mol. The van der Waals surface area contributed by atoms with Crippen molar-refractivity contribution in [2.75, 3.05) is 0 Å². The molecule has 0 atom stereocenters. The molecule has 0 N–H and O–H groups in total. The molecule has 0 bridgehead atoms. The highest BCUT2D eigenvalue weighted by Gasteiger charge is 2.02. The molecule has 0 amide bonds. The molecule has 3 heteroatoms. The Kier molecular flexibility index (Phi) is 2.74. The predicted octanol–water partition coefficient (Wildman–Crippen LogP) is 3.82. The number of rotatable bonds is 1. The van der Waals surface area contributed by atoms with E-state index >= 15 is 0 Å². The van der Waals surface area contributed by atoms with Crippen LogP contribution in [0.5, 0.6) is 0 Å². The minimum absolute atomic E-state index is 0.411. The Morgan fingerprint density at radius 3 is 2.50 bits per heavy atom. The van der Waals surface area contributed by atoms with Gasteiger partial charge in [0.25, 0.3) is 5.24 Å². The Morgan fingerprint density at radius 1 is 1.07 bits per heavy atom. The summed E-state index contributed by atoms with van der Waals surface area (Å²) >= 11 is 7.64. The Morgan fingerprint density at radius 2 is 1.79 bits per heavy atom. The number of hydrogen-bond acceptors (Lipinski definition) is 1. The van der Waals surface area contributed by atoms with Crippen LogP contribution >= 0.6 is 34.2 Å². The summed E-state index contributed by atoms with van der Waals surface area (Å²) in [5.74, 6) is 0. The van der Waals surface area contributed by atoms with Gasteiger partial charge in [0.2, 0.25) is 0 Å². The second-order valence-electron chi connectivity index (χ2n) is 2.98. The zero-order chi connectivity index (χ0) is 10.1. The first-order valence-corrected chi connectivity index (χ1v) is 5.51. The van der Waals surface area contributed by atoms with E-state index in [1.54, 1.807) is 6.07 Å². The summed E-state index contributed by atoms with van der Waals surface area (Å²) in [7, 11) is 0. The first-order valence-electron chi connectivity index (χ1n) is 4.06. The average Bonchev–Trinajstić information content (AvgIpc) is 2.16. The van der Waals surface area contributed by atoms with Gasteiger partial charge in [0, 0.05) is 9.13 Å². The summed E-state index contributed by atoms with van der Waals surface area (Å²) in [5, 5.41) is 1.75. The molecule has 0 fully saturated rings. The topological polar surface area (TPSA) is 17.1 Å². The SMILES string of the molecule is O=C(Cl)c1ccc2ccc(I)cc2c1. The minimum Gasteiger partial charge on any atom is -0.276 e. The van der Waals surface area contributed by atoms with Crippen molar-refractivity contribution in [2.45, 2.75) is 0 Å². The van der Waals surface area contributed by atoms with Gasteiger partial charge in [0.05, 0.1) is 0 Å². The molecule has 2 aromatic carbocycles. The maximum absolute atomic E-state index is 10.9.